The van der Waals surface area contributed by atoms with Crippen LogP contribution < -0.4 is 4.90 Å². The summed E-state index contributed by atoms with van der Waals surface area (Å²) in [5, 5.41) is 11.4. The average molecular weight is 456 g/mol. The molecule has 8 nitrogen and oxygen atoms in total. The number of hydrogen-bond donors (Lipinski definition) is 0. The van der Waals surface area contributed by atoms with Gasteiger partial charge in [-0.25, -0.2) is 0 Å². The van der Waals surface area contributed by atoms with Crippen LogP contribution in [0.15, 0.2) is 18.2 Å². The van der Waals surface area contributed by atoms with Crippen LogP contribution in [-0.2, 0) is 15.8 Å². The molecular weight excluding hydrogens is 429 g/mol. The van der Waals surface area contributed by atoms with Gasteiger partial charge in [0, 0.05) is 58.2 Å². The summed E-state index contributed by atoms with van der Waals surface area (Å²) in [6.45, 7) is 1.73. The van der Waals surface area contributed by atoms with Crippen LogP contribution in [-0.4, -0.2) is 66.8 Å². The van der Waals surface area contributed by atoms with E-state index in [0.717, 1.165) is 12.1 Å². The highest BCUT2D eigenvalue weighted by atomic mass is 19.4. The molecule has 2 aliphatic heterocycles. The minimum Gasteiger partial charge on any atom is -0.366 e. The Morgan fingerprint density at radius 2 is 1.59 bits per heavy atom. The van der Waals surface area contributed by atoms with Crippen molar-refractivity contribution in [2.75, 3.05) is 45.2 Å². The van der Waals surface area contributed by atoms with Crippen molar-refractivity contribution in [1.82, 2.24) is 9.80 Å². The van der Waals surface area contributed by atoms with Gasteiger partial charge in [0.2, 0.25) is 11.8 Å². The first-order valence-electron chi connectivity index (χ1n) is 10.6. The molecule has 2 amide bonds. The molecular formula is C21H27F3N4O4. The molecule has 0 N–H and O–H groups in total. The van der Waals surface area contributed by atoms with Crippen LogP contribution in [0.1, 0.15) is 31.2 Å². The van der Waals surface area contributed by atoms with Gasteiger partial charge in [0.1, 0.15) is 5.69 Å². The molecule has 2 heterocycles. The summed E-state index contributed by atoms with van der Waals surface area (Å²) in [6.07, 6.45) is -2.48. The number of likely N-dealkylation sites (tertiary alicyclic amines) is 1. The number of piperidine rings is 2. The van der Waals surface area contributed by atoms with Crippen LogP contribution in [0.2, 0.25) is 0 Å². The van der Waals surface area contributed by atoms with Crippen LogP contribution in [0, 0.1) is 22.0 Å². The number of amides is 2. The summed E-state index contributed by atoms with van der Waals surface area (Å²) in [7, 11) is 3.43. The zero-order valence-electron chi connectivity index (χ0n) is 18.1. The first-order valence-corrected chi connectivity index (χ1v) is 10.6. The monoisotopic (exact) mass is 456 g/mol. The number of carbonyl (C=O) groups excluding carboxylic acids is 2. The van der Waals surface area contributed by atoms with Gasteiger partial charge in [0.15, 0.2) is 0 Å². The minimum absolute atomic E-state index is 0.0160. The fourth-order valence-corrected chi connectivity index (χ4v) is 4.45. The SMILES string of the molecule is CN(C)C(=O)C1CCN(C(=O)C2CCN(c3ccc(C(F)(F)F)cc3[N+](=O)[O-])CC2)CC1. The van der Waals surface area contributed by atoms with E-state index in [1.165, 1.54) is 0 Å². The Hall–Kier alpha value is -2.85. The third kappa shape index (κ3) is 5.13. The van der Waals surface area contributed by atoms with E-state index in [4.69, 9.17) is 0 Å². The maximum atomic E-state index is 12.9. The van der Waals surface area contributed by atoms with E-state index in [1.807, 2.05) is 0 Å². The highest BCUT2D eigenvalue weighted by Gasteiger charge is 2.36. The molecule has 2 aliphatic rings. The molecule has 3 rings (SSSR count). The molecule has 0 radical (unpaired) electrons. The topological polar surface area (TPSA) is 87.0 Å². The maximum absolute atomic E-state index is 12.9. The lowest BCUT2D eigenvalue weighted by Crippen LogP contribution is -2.47. The Bertz CT molecular complexity index is 874. The number of benzene rings is 1. The summed E-state index contributed by atoms with van der Waals surface area (Å²) in [6, 6.07) is 2.54. The highest BCUT2D eigenvalue weighted by Crippen LogP contribution is 2.38. The van der Waals surface area contributed by atoms with Crippen molar-refractivity contribution in [3.8, 4) is 0 Å². The molecule has 176 valence electrons. The van der Waals surface area contributed by atoms with E-state index in [2.05, 4.69) is 0 Å². The van der Waals surface area contributed by atoms with E-state index in [-0.39, 0.29) is 29.3 Å². The molecule has 0 aromatic heterocycles. The van der Waals surface area contributed by atoms with Crippen molar-refractivity contribution in [2.24, 2.45) is 11.8 Å². The largest absolute Gasteiger partial charge is 0.416 e. The summed E-state index contributed by atoms with van der Waals surface area (Å²) in [4.78, 5) is 40.6. The fraction of sp³-hybridized carbons (Fsp3) is 0.619. The first kappa shape index (κ1) is 23.8. The summed E-state index contributed by atoms with van der Waals surface area (Å²) >= 11 is 0. The summed E-state index contributed by atoms with van der Waals surface area (Å²) < 4.78 is 38.8. The number of nitrogens with zero attached hydrogens (tertiary/aromatic N) is 4. The van der Waals surface area contributed by atoms with Crippen LogP contribution in [0.4, 0.5) is 24.5 Å². The number of rotatable bonds is 4. The fourth-order valence-electron chi connectivity index (χ4n) is 4.45. The quantitative estimate of drug-likeness (QED) is 0.513. The summed E-state index contributed by atoms with van der Waals surface area (Å²) in [5.41, 5.74) is -1.51. The van der Waals surface area contributed by atoms with Crippen LogP contribution >= 0.6 is 0 Å². The van der Waals surface area contributed by atoms with Crippen molar-refractivity contribution in [1.29, 1.82) is 0 Å². The van der Waals surface area contributed by atoms with Crippen molar-refractivity contribution in [3.63, 3.8) is 0 Å². The highest BCUT2D eigenvalue weighted by molar-refractivity contribution is 5.81. The van der Waals surface area contributed by atoms with Crippen molar-refractivity contribution < 1.29 is 27.7 Å². The van der Waals surface area contributed by atoms with Gasteiger partial charge >= 0.3 is 6.18 Å². The second kappa shape index (κ2) is 9.33. The number of alkyl halides is 3. The Morgan fingerprint density at radius 3 is 2.09 bits per heavy atom. The number of halogens is 3. The van der Waals surface area contributed by atoms with Gasteiger partial charge in [-0.05, 0) is 37.8 Å². The van der Waals surface area contributed by atoms with Crippen LogP contribution in [0.3, 0.4) is 0 Å². The molecule has 11 heteroatoms. The average Bonchev–Trinajstić information content (AvgIpc) is 2.77. The molecule has 0 atom stereocenters. The Kier molecular flexibility index (Phi) is 6.94. The number of anilines is 1. The van der Waals surface area contributed by atoms with Crippen molar-refractivity contribution in [2.45, 2.75) is 31.9 Å². The van der Waals surface area contributed by atoms with Crippen molar-refractivity contribution >= 4 is 23.2 Å². The smallest absolute Gasteiger partial charge is 0.366 e. The Morgan fingerprint density at radius 1 is 1.03 bits per heavy atom. The number of nitro benzene ring substituents is 1. The van der Waals surface area contributed by atoms with E-state index in [0.29, 0.717) is 57.9 Å². The van der Waals surface area contributed by atoms with Crippen LogP contribution in [0.5, 0.6) is 0 Å². The zero-order valence-corrected chi connectivity index (χ0v) is 18.1. The minimum atomic E-state index is -4.66. The maximum Gasteiger partial charge on any atom is 0.416 e. The van der Waals surface area contributed by atoms with Gasteiger partial charge in [0.05, 0.1) is 10.5 Å². The molecule has 0 bridgehead atoms. The molecule has 2 saturated heterocycles. The molecule has 32 heavy (non-hydrogen) atoms. The van der Waals surface area contributed by atoms with Crippen molar-refractivity contribution in [3.05, 3.63) is 33.9 Å². The standard InChI is InChI=1S/C21H27F3N4O4/c1-25(2)19(29)14-7-11-27(12-8-14)20(30)15-5-9-26(10-6-15)17-4-3-16(21(22,23)24)13-18(17)28(31)32/h3-4,13-15H,5-12H2,1-2H3. The van der Waals surface area contributed by atoms with E-state index in [9.17, 15) is 32.9 Å². The summed E-state index contributed by atoms with van der Waals surface area (Å²) in [5.74, 6) is -0.220. The predicted molar refractivity (Wildman–Crippen MR) is 111 cm³/mol. The van der Waals surface area contributed by atoms with Gasteiger partial charge in [-0.1, -0.05) is 0 Å². The molecule has 0 unspecified atom stereocenters. The molecule has 0 spiro atoms. The van der Waals surface area contributed by atoms with Gasteiger partial charge in [0.25, 0.3) is 5.69 Å². The lowest BCUT2D eigenvalue weighted by Gasteiger charge is -2.38. The molecule has 1 aromatic carbocycles. The molecule has 1 aromatic rings. The van der Waals surface area contributed by atoms with Gasteiger partial charge in [-0.15, -0.1) is 0 Å². The third-order valence-corrected chi connectivity index (χ3v) is 6.28. The number of hydrogen-bond acceptors (Lipinski definition) is 5. The molecule has 2 fully saturated rings. The van der Waals surface area contributed by atoms with E-state index in [1.54, 1.807) is 28.8 Å². The normalized spacial score (nSPS) is 18.5. The second-order valence-electron chi connectivity index (χ2n) is 8.55. The third-order valence-electron chi connectivity index (χ3n) is 6.28. The predicted octanol–water partition coefficient (Wildman–Crippen LogP) is 3.16. The second-order valence-corrected chi connectivity index (χ2v) is 8.55. The lowest BCUT2D eigenvalue weighted by atomic mass is 9.91. The Balaban J connectivity index is 1.60. The van der Waals surface area contributed by atoms with E-state index < -0.39 is 22.4 Å². The van der Waals surface area contributed by atoms with Gasteiger partial charge in [-0.3, -0.25) is 19.7 Å². The lowest BCUT2D eigenvalue weighted by molar-refractivity contribution is -0.384. The van der Waals surface area contributed by atoms with Gasteiger partial charge in [-0.2, -0.15) is 13.2 Å². The van der Waals surface area contributed by atoms with Crippen LogP contribution in [0.25, 0.3) is 0 Å². The van der Waals surface area contributed by atoms with E-state index >= 15 is 0 Å². The number of carbonyl (C=O) groups is 2. The first-order chi connectivity index (χ1) is 15.0. The molecule has 0 saturated carbocycles. The van der Waals surface area contributed by atoms with Gasteiger partial charge < -0.3 is 14.7 Å². The molecule has 0 aliphatic carbocycles. The number of nitro groups is 1. The Labute approximate surface area is 184 Å². The zero-order chi connectivity index (χ0) is 23.6.